The van der Waals surface area contributed by atoms with Crippen molar-refractivity contribution in [1.82, 2.24) is 0 Å². The Hall–Kier alpha value is -0.330. The van der Waals surface area contributed by atoms with Crippen molar-refractivity contribution < 1.29 is 0 Å². The minimum absolute atomic E-state index is 0.931. The smallest absolute Gasteiger partial charge is 0.0423 e. The van der Waals surface area contributed by atoms with Gasteiger partial charge < -0.3 is 0 Å². The monoisotopic (exact) mass is 95.1 g/mol. The van der Waals surface area contributed by atoms with E-state index in [0.29, 0.717) is 0 Å². The van der Waals surface area contributed by atoms with Crippen LogP contribution in [0.5, 0.6) is 0 Å². The van der Waals surface area contributed by atoms with Crippen molar-refractivity contribution >= 4 is 5.71 Å². The highest BCUT2D eigenvalue weighted by Crippen LogP contribution is 2.43. The second-order valence-electron chi connectivity index (χ2n) is 2.58. The largest absolute Gasteiger partial charge is 0.294 e. The normalized spacial score (nSPS) is 45.6. The van der Waals surface area contributed by atoms with Crippen LogP contribution < -0.4 is 0 Å². The van der Waals surface area contributed by atoms with Crippen LogP contribution in [0.3, 0.4) is 0 Å². The van der Waals surface area contributed by atoms with Gasteiger partial charge in [-0.2, -0.15) is 0 Å². The Labute approximate surface area is 43.4 Å². The molecule has 7 heavy (non-hydrogen) atoms. The van der Waals surface area contributed by atoms with Gasteiger partial charge in [-0.1, -0.05) is 0 Å². The van der Waals surface area contributed by atoms with Crippen LogP contribution in [0.2, 0.25) is 0 Å². The molecule has 2 rings (SSSR count). The van der Waals surface area contributed by atoms with Crippen LogP contribution in [0, 0.1) is 11.8 Å². The summed E-state index contributed by atoms with van der Waals surface area (Å²) in [5, 5.41) is 0. The molecule has 2 unspecified atom stereocenters. The van der Waals surface area contributed by atoms with Crippen LogP contribution in [-0.4, -0.2) is 12.3 Å². The first-order chi connectivity index (χ1) is 3.38. The van der Waals surface area contributed by atoms with E-state index in [0.717, 1.165) is 18.4 Å². The van der Waals surface area contributed by atoms with Gasteiger partial charge in [-0.15, -0.1) is 0 Å². The summed E-state index contributed by atoms with van der Waals surface area (Å²) in [5.41, 5.74) is 1.41. The van der Waals surface area contributed by atoms with E-state index in [-0.39, 0.29) is 0 Å². The molecule has 0 N–H and O–H groups in total. The number of fused-ring (bicyclic) bond motifs is 1. The van der Waals surface area contributed by atoms with Gasteiger partial charge in [-0.25, -0.2) is 0 Å². The van der Waals surface area contributed by atoms with Crippen LogP contribution in [0.4, 0.5) is 0 Å². The van der Waals surface area contributed by atoms with Gasteiger partial charge in [0.2, 0.25) is 0 Å². The number of nitrogens with zero attached hydrogens (tertiary/aromatic N) is 1. The van der Waals surface area contributed by atoms with Gasteiger partial charge in [0, 0.05) is 18.2 Å². The fraction of sp³-hybridized carbons (Fsp3) is 0.833. The van der Waals surface area contributed by atoms with E-state index in [1.165, 1.54) is 12.1 Å². The van der Waals surface area contributed by atoms with Gasteiger partial charge in [0.25, 0.3) is 0 Å². The van der Waals surface area contributed by atoms with Crippen LogP contribution >= 0.6 is 0 Å². The number of rotatable bonds is 0. The zero-order valence-electron chi connectivity index (χ0n) is 4.52. The maximum absolute atomic E-state index is 4.28. The van der Waals surface area contributed by atoms with Gasteiger partial charge >= 0.3 is 0 Å². The van der Waals surface area contributed by atoms with E-state index in [2.05, 4.69) is 11.9 Å². The lowest BCUT2D eigenvalue weighted by Crippen LogP contribution is -1.87. The van der Waals surface area contributed by atoms with Crippen LogP contribution in [0.1, 0.15) is 13.3 Å². The molecule has 0 saturated heterocycles. The van der Waals surface area contributed by atoms with Gasteiger partial charge in [0.15, 0.2) is 0 Å². The summed E-state index contributed by atoms with van der Waals surface area (Å²) in [6, 6.07) is 0. The van der Waals surface area contributed by atoms with Gasteiger partial charge in [0.1, 0.15) is 0 Å². The first kappa shape index (κ1) is 3.65. The molecule has 1 aliphatic carbocycles. The third kappa shape index (κ3) is 0.355. The Morgan fingerprint density at radius 2 is 2.57 bits per heavy atom. The average molecular weight is 95.1 g/mol. The van der Waals surface area contributed by atoms with Crippen LogP contribution in [0.25, 0.3) is 0 Å². The average Bonchev–Trinajstić information content (AvgIpc) is 2.33. The first-order valence-corrected chi connectivity index (χ1v) is 2.89. The second kappa shape index (κ2) is 0.908. The standard InChI is InChI=1S/C6H9N/c1-4-6-2-5(6)3-7-4/h5-6H,2-3H2,1H3. The van der Waals surface area contributed by atoms with Crippen LogP contribution in [-0.2, 0) is 0 Å². The number of hydrogen-bond acceptors (Lipinski definition) is 1. The molecule has 0 spiro atoms. The molecule has 1 aliphatic heterocycles. The molecule has 0 radical (unpaired) electrons. The molecular formula is C6H9N. The van der Waals surface area contributed by atoms with Gasteiger partial charge in [-0.05, 0) is 19.3 Å². The number of aliphatic imine (C=N–C) groups is 1. The summed E-state index contributed by atoms with van der Waals surface area (Å²) in [6.07, 6.45) is 1.44. The molecule has 0 aromatic rings. The van der Waals surface area contributed by atoms with E-state index >= 15 is 0 Å². The minimum Gasteiger partial charge on any atom is -0.294 e. The molecule has 38 valence electrons. The zero-order valence-corrected chi connectivity index (χ0v) is 4.52. The second-order valence-corrected chi connectivity index (χ2v) is 2.58. The predicted molar refractivity (Wildman–Crippen MR) is 29.6 cm³/mol. The van der Waals surface area contributed by atoms with Gasteiger partial charge in [-0.3, -0.25) is 4.99 Å². The predicted octanol–water partition coefficient (Wildman–Crippen LogP) is 1.10. The van der Waals surface area contributed by atoms with E-state index in [9.17, 15) is 0 Å². The Kier molecular flexibility index (Phi) is 0.473. The number of hydrogen-bond donors (Lipinski definition) is 0. The SMILES string of the molecule is CC1=NCC2CC12. The van der Waals surface area contributed by atoms with Crippen molar-refractivity contribution in [3.05, 3.63) is 0 Å². The van der Waals surface area contributed by atoms with E-state index in [4.69, 9.17) is 0 Å². The lowest BCUT2D eigenvalue weighted by atomic mass is 10.3. The Morgan fingerprint density at radius 1 is 1.71 bits per heavy atom. The van der Waals surface area contributed by atoms with E-state index < -0.39 is 0 Å². The summed E-state index contributed by atoms with van der Waals surface area (Å²) in [7, 11) is 0. The Balaban J connectivity index is 2.25. The summed E-state index contributed by atoms with van der Waals surface area (Å²) in [6.45, 7) is 3.29. The maximum atomic E-state index is 4.28. The zero-order chi connectivity index (χ0) is 4.85. The summed E-state index contributed by atoms with van der Waals surface area (Å²) in [5.74, 6) is 1.92. The third-order valence-corrected chi connectivity index (χ3v) is 2.03. The van der Waals surface area contributed by atoms with Crippen molar-refractivity contribution in [2.45, 2.75) is 13.3 Å². The molecule has 1 saturated carbocycles. The molecule has 1 fully saturated rings. The van der Waals surface area contributed by atoms with E-state index in [1.807, 2.05) is 0 Å². The molecule has 0 aromatic heterocycles. The molecule has 1 heterocycles. The minimum atomic E-state index is 0.931. The van der Waals surface area contributed by atoms with E-state index in [1.54, 1.807) is 0 Å². The molecule has 0 amide bonds. The molecule has 2 aliphatic rings. The maximum Gasteiger partial charge on any atom is 0.0423 e. The molecular weight excluding hydrogens is 86.1 g/mol. The first-order valence-electron chi connectivity index (χ1n) is 2.89. The molecule has 1 nitrogen and oxygen atoms in total. The quantitative estimate of drug-likeness (QED) is 0.427. The van der Waals surface area contributed by atoms with Crippen molar-refractivity contribution in [3.63, 3.8) is 0 Å². The topological polar surface area (TPSA) is 12.4 Å². The van der Waals surface area contributed by atoms with Crippen molar-refractivity contribution in [2.24, 2.45) is 16.8 Å². The molecule has 0 bridgehead atoms. The fourth-order valence-electron chi connectivity index (χ4n) is 1.34. The lowest BCUT2D eigenvalue weighted by molar-refractivity contribution is 0.864. The highest BCUT2D eigenvalue weighted by molar-refractivity contribution is 5.88. The van der Waals surface area contributed by atoms with Gasteiger partial charge in [0.05, 0.1) is 0 Å². The highest BCUT2D eigenvalue weighted by atomic mass is 14.8. The van der Waals surface area contributed by atoms with Crippen molar-refractivity contribution in [1.29, 1.82) is 0 Å². The Bertz CT molecular complexity index is 126. The molecule has 2 atom stereocenters. The lowest BCUT2D eigenvalue weighted by Gasteiger charge is -1.83. The van der Waals surface area contributed by atoms with Crippen LogP contribution in [0.15, 0.2) is 4.99 Å². The Morgan fingerprint density at radius 3 is 2.71 bits per heavy atom. The highest BCUT2D eigenvalue weighted by Gasteiger charge is 2.42. The third-order valence-electron chi connectivity index (χ3n) is 2.03. The fourth-order valence-corrected chi connectivity index (χ4v) is 1.34. The molecule has 0 aromatic carbocycles. The van der Waals surface area contributed by atoms with Crippen molar-refractivity contribution in [2.75, 3.05) is 6.54 Å². The summed E-state index contributed by atoms with van der Waals surface area (Å²) < 4.78 is 0. The van der Waals surface area contributed by atoms with Crippen molar-refractivity contribution in [3.8, 4) is 0 Å². The summed E-state index contributed by atoms with van der Waals surface area (Å²) in [4.78, 5) is 4.28. The molecule has 1 heteroatoms. The summed E-state index contributed by atoms with van der Waals surface area (Å²) >= 11 is 0.